The first-order valence-electron chi connectivity index (χ1n) is 15.4. The van der Waals surface area contributed by atoms with Crippen LogP contribution in [-0.2, 0) is 0 Å². The molecule has 0 aliphatic heterocycles. The van der Waals surface area contributed by atoms with Gasteiger partial charge in [0.1, 0.15) is 17.2 Å². The van der Waals surface area contributed by atoms with Crippen LogP contribution in [-0.4, -0.2) is 19.8 Å². The molecule has 0 N–H and O–H groups in total. The molecule has 0 fully saturated rings. The highest BCUT2D eigenvalue weighted by Gasteiger charge is 2.02. The molecular formula is C38H38N4O3. The quantitative estimate of drug-likeness (QED) is 0.0837. The zero-order valence-electron chi connectivity index (χ0n) is 25.6. The molecule has 0 saturated carbocycles. The van der Waals surface area contributed by atoms with Crippen LogP contribution in [0.15, 0.2) is 148 Å². The summed E-state index contributed by atoms with van der Waals surface area (Å²) in [5.41, 5.74) is 5.40. The number of nitrogens with zero attached hydrogens (tertiary/aromatic N) is 4. The molecule has 0 aliphatic carbocycles. The zero-order valence-corrected chi connectivity index (χ0v) is 25.6. The van der Waals surface area contributed by atoms with E-state index < -0.39 is 0 Å². The van der Waals surface area contributed by atoms with Gasteiger partial charge in [-0.1, -0.05) is 49.4 Å². The fraction of sp³-hybridized carbons (Fsp3) is 0.211. The first kappa shape index (κ1) is 31.1. The molecule has 5 aromatic rings. The van der Waals surface area contributed by atoms with Crippen molar-refractivity contribution in [1.82, 2.24) is 0 Å². The lowest BCUT2D eigenvalue weighted by atomic mass is 10.1. The second-order valence-electron chi connectivity index (χ2n) is 10.4. The van der Waals surface area contributed by atoms with Crippen molar-refractivity contribution >= 4 is 22.7 Å². The molecule has 0 spiro atoms. The Morgan fingerprint density at radius 1 is 0.378 bits per heavy atom. The van der Waals surface area contributed by atoms with Gasteiger partial charge in [0.25, 0.3) is 0 Å². The van der Waals surface area contributed by atoms with Gasteiger partial charge in [-0.2, -0.15) is 20.5 Å². The normalized spacial score (nSPS) is 11.2. The Hall–Kier alpha value is -5.30. The molecule has 0 aromatic heterocycles. The summed E-state index contributed by atoms with van der Waals surface area (Å²) in [7, 11) is 0. The number of hydrogen-bond donors (Lipinski definition) is 0. The molecule has 0 atom stereocenters. The van der Waals surface area contributed by atoms with Gasteiger partial charge in [0.05, 0.1) is 42.6 Å². The summed E-state index contributed by atoms with van der Waals surface area (Å²) in [5.74, 6) is 2.61. The number of rotatable bonds is 16. The summed E-state index contributed by atoms with van der Waals surface area (Å²) in [4.78, 5) is 0. The van der Waals surface area contributed by atoms with Gasteiger partial charge in [-0.3, -0.25) is 0 Å². The minimum atomic E-state index is 0.659. The van der Waals surface area contributed by atoms with Crippen LogP contribution >= 0.6 is 0 Å². The molecule has 0 unspecified atom stereocenters. The van der Waals surface area contributed by atoms with E-state index in [4.69, 9.17) is 14.2 Å². The fourth-order valence-corrected chi connectivity index (χ4v) is 4.39. The minimum Gasteiger partial charge on any atom is -0.494 e. The number of azo groups is 2. The number of ether oxygens (including phenoxy) is 3. The van der Waals surface area contributed by atoms with Crippen LogP contribution in [0.3, 0.4) is 0 Å². The Kier molecular flexibility index (Phi) is 11.8. The summed E-state index contributed by atoms with van der Waals surface area (Å²) >= 11 is 0. The number of hydrogen-bond acceptors (Lipinski definition) is 7. The Balaban J connectivity index is 0.955. The van der Waals surface area contributed by atoms with Crippen LogP contribution in [0.2, 0.25) is 0 Å². The third kappa shape index (κ3) is 10.4. The highest BCUT2D eigenvalue weighted by molar-refractivity contribution is 5.65. The maximum atomic E-state index is 5.94. The van der Waals surface area contributed by atoms with E-state index in [1.165, 1.54) is 0 Å². The van der Waals surface area contributed by atoms with E-state index in [-0.39, 0.29) is 0 Å². The Bertz CT molecular complexity index is 1620. The molecule has 0 saturated heterocycles. The second kappa shape index (κ2) is 17.1. The Morgan fingerprint density at radius 2 is 0.733 bits per heavy atom. The van der Waals surface area contributed by atoms with E-state index in [1.54, 1.807) is 0 Å². The summed E-state index contributed by atoms with van der Waals surface area (Å²) in [6, 6.07) is 41.2. The Morgan fingerprint density at radius 3 is 1.16 bits per heavy atom. The smallest absolute Gasteiger partial charge is 0.119 e. The molecule has 0 aliphatic rings. The third-order valence-electron chi connectivity index (χ3n) is 6.85. The average molecular weight is 599 g/mol. The van der Waals surface area contributed by atoms with E-state index in [0.29, 0.717) is 13.2 Å². The van der Waals surface area contributed by atoms with Crippen LogP contribution in [0.1, 0.15) is 32.6 Å². The maximum absolute atomic E-state index is 5.94. The van der Waals surface area contributed by atoms with Crippen molar-refractivity contribution in [2.45, 2.75) is 32.6 Å². The van der Waals surface area contributed by atoms with Gasteiger partial charge in [-0.15, -0.1) is 0 Å². The minimum absolute atomic E-state index is 0.659. The molecule has 5 rings (SSSR count). The standard InChI is InChI=1S/C38H38N4O3/c1-2-27-43-36-21-11-30(12-22-36)31-13-23-37(24-14-31)44-28-7-4-8-29-45-38-25-19-35(20-26-38)42-41-34-17-15-33(16-18-34)40-39-32-9-5-3-6-10-32/h3,5-6,9-26H,2,4,7-8,27-29H2,1H3. The largest absolute Gasteiger partial charge is 0.494 e. The summed E-state index contributed by atoms with van der Waals surface area (Å²) in [6.07, 6.45) is 3.97. The second-order valence-corrected chi connectivity index (χ2v) is 10.4. The lowest BCUT2D eigenvalue weighted by molar-refractivity contribution is 0.279. The molecule has 7 heteroatoms. The highest BCUT2D eigenvalue weighted by Crippen LogP contribution is 2.26. The summed E-state index contributed by atoms with van der Waals surface area (Å²) < 4.78 is 17.5. The van der Waals surface area contributed by atoms with Crippen molar-refractivity contribution in [2.24, 2.45) is 20.5 Å². The van der Waals surface area contributed by atoms with Gasteiger partial charge in [-0.05, 0) is 122 Å². The van der Waals surface area contributed by atoms with Crippen LogP contribution in [0, 0.1) is 0 Å². The third-order valence-corrected chi connectivity index (χ3v) is 6.85. The summed E-state index contributed by atoms with van der Waals surface area (Å²) in [5, 5.41) is 17.1. The Labute approximate surface area is 265 Å². The van der Waals surface area contributed by atoms with Crippen molar-refractivity contribution in [2.75, 3.05) is 19.8 Å². The highest BCUT2D eigenvalue weighted by atomic mass is 16.5. The topological polar surface area (TPSA) is 77.1 Å². The van der Waals surface area contributed by atoms with E-state index >= 15 is 0 Å². The van der Waals surface area contributed by atoms with Crippen molar-refractivity contribution in [1.29, 1.82) is 0 Å². The summed E-state index contributed by atoms with van der Waals surface area (Å²) in [6.45, 7) is 4.19. The molecular weight excluding hydrogens is 560 g/mol. The van der Waals surface area contributed by atoms with E-state index in [2.05, 4.69) is 51.6 Å². The number of benzene rings is 5. The van der Waals surface area contributed by atoms with Gasteiger partial charge in [0.15, 0.2) is 0 Å². The van der Waals surface area contributed by atoms with Crippen LogP contribution in [0.25, 0.3) is 11.1 Å². The molecule has 5 aromatic carbocycles. The van der Waals surface area contributed by atoms with E-state index in [9.17, 15) is 0 Å². The fourth-order valence-electron chi connectivity index (χ4n) is 4.39. The van der Waals surface area contributed by atoms with Gasteiger partial charge in [0, 0.05) is 0 Å². The molecule has 0 amide bonds. The zero-order chi connectivity index (χ0) is 30.9. The van der Waals surface area contributed by atoms with Crippen molar-refractivity contribution in [3.05, 3.63) is 127 Å². The van der Waals surface area contributed by atoms with Crippen LogP contribution in [0.4, 0.5) is 22.7 Å². The molecule has 7 nitrogen and oxygen atoms in total. The predicted molar refractivity (Wildman–Crippen MR) is 180 cm³/mol. The van der Waals surface area contributed by atoms with Crippen molar-refractivity contribution in [3.63, 3.8) is 0 Å². The van der Waals surface area contributed by atoms with Crippen LogP contribution < -0.4 is 14.2 Å². The van der Waals surface area contributed by atoms with Gasteiger partial charge < -0.3 is 14.2 Å². The molecule has 0 radical (unpaired) electrons. The molecule has 0 heterocycles. The molecule has 0 bridgehead atoms. The van der Waals surface area contributed by atoms with Crippen LogP contribution in [0.5, 0.6) is 17.2 Å². The first-order valence-corrected chi connectivity index (χ1v) is 15.4. The van der Waals surface area contributed by atoms with Gasteiger partial charge >= 0.3 is 0 Å². The molecule has 228 valence electrons. The monoisotopic (exact) mass is 598 g/mol. The maximum Gasteiger partial charge on any atom is 0.119 e. The molecule has 45 heavy (non-hydrogen) atoms. The first-order chi connectivity index (χ1) is 22.2. The average Bonchev–Trinajstić information content (AvgIpc) is 3.10. The van der Waals surface area contributed by atoms with E-state index in [1.807, 2.05) is 103 Å². The lowest BCUT2D eigenvalue weighted by Gasteiger charge is -2.09. The SMILES string of the molecule is CCCOc1ccc(-c2ccc(OCCCCCOc3ccc(N=Nc4ccc(N=Nc5ccccc5)cc4)cc3)cc2)cc1. The van der Waals surface area contributed by atoms with Crippen molar-refractivity contribution in [3.8, 4) is 28.4 Å². The lowest BCUT2D eigenvalue weighted by Crippen LogP contribution is -2.00. The van der Waals surface area contributed by atoms with E-state index in [0.717, 1.165) is 83.4 Å². The predicted octanol–water partition coefficient (Wildman–Crippen LogP) is 11.6. The van der Waals surface area contributed by atoms with Gasteiger partial charge in [0.2, 0.25) is 0 Å². The number of unbranched alkanes of at least 4 members (excludes halogenated alkanes) is 2. The van der Waals surface area contributed by atoms with Gasteiger partial charge in [-0.25, -0.2) is 0 Å². The van der Waals surface area contributed by atoms with Crippen molar-refractivity contribution < 1.29 is 14.2 Å².